The van der Waals surface area contributed by atoms with Crippen molar-refractivity contribution in [2.24, 2.45) is 0 Å². The zero-order valence-electron chi connectivity index (χ0n) is 17.2. The fourth-order valence-electron chi connectivity index (χ4n) is 3.55. The van der Waals surface area contributed by atoms with Crippen LogP contribution in [0.5, 0.6) is 0 Å². The van der Waals surface area contributed by atoms with Gasteiger partial charge in [0.1, 0.15) is 0 Å². The molecule has 0 aliphatic carbocycles. The van der Waals surface area contributed by atoms with Gasteiger partial charge >= 0.3 is 185 Å². The van der Waals surface area contributed by atoms with E-state index in [0.29, 0.717) is 30.4 Å². The first kappa shape index (κ1) is 23.8. The van der Waals surface area contributed by atoms with E-state index in [1.807, 2.05) is 6.07 Å². The third kappa shape index (κ3) is 5.47. The molecule has 2 aromatic rings. The third-order valence-corrected chi connectivity index (χ3v) is 15.6. The van der Waals surface area contributed by atoms with Crippen molar-refractivity contribution >= 4 is 34.5 Å². The van der Waals surface area contributed by atoms with Crippen LogP contribution in [0.15, 0.2) is 35.4 Å². The molecule has 10 heteroatoms. The Morgan fingerprint density at radius 1 is 1.40 bits per heavy atom. The minimum absolute atomic E-state index is 0.0730. The van der Waals surface area contributed by atoms with E-state index in [2.05, 4.69) is 22.0 Å². The van der Waals surface area contributed by atoms with Crippen LogP contribution < -0.4 is 3.51 Å². The second-order valence-electron chi connectivity index (χ2n) is 7.62. The molecule has 3 atom stereocenters. The summed E-state index contributed by atoms with van der Waals surface area (Å²) in [6.07, 6.45) is -3.04. The predicted octanol–water partition coefficient (Wildman–Crippen LogP) is 3.83. The Kier molecular flexibility index (Phi) is 7.70. The Hall–Kier alpha value is -0.892. The quantitative estimate of drug-likeness (QED) is 0.530. The Labute approximate surface area is 184 Å². The van der Waals surface area contributed by atoms with Crippen molar-refractivity contribution in [2.75, 3.05) is 26.1 Å². The number of alkyl halides is 3. The summed E-state index contributed by atoms with van der Waals surface area (Å²) in [6, 6.07) is 7.56. The molecule has 30 heavy (non-hydrogen) atoms. The third-order valence-electron chi connectivity index (χ3n) is 5.58. The molecular weight excluding hydrogens is 527 g/mol. The Bertz CT molecular complexity index is 892. The van der Waals surface area contributed by atoms with Gasteiger partial charge in [-0.3, -0.25) is 0 Å². The predicted molar refractivity (Wildman–Crippen MR) is 111 cm³/mol. The van der Waals surface area contributed by atoms with E-state index >= 15 is 0 Å². The molecule has 166 valence electrons. The first-order valence-corrected chi connectivity index (χ1v) is 16.0. The molecule has 1 saturated heterocycles. The summed E-state index contributed by atoms with van der Waals surface area (Å²) >= 11 is -2.26. The van der Waals surface area contributed by atoms with E-state index in [0.717, 1.165) is 21.7 Å². The van der Waals surface area contributed by atoms with Gasteiger partial charge < -0.3 is 0 Å². The molecule has 0 bridgehead atoms. The summed E-state index contributed by atoms with van der Waals surface area (Å²) in [7, 11) is 0.302. The Balaban J connectivity index is 1.76. The molecule has 3 unspecified atom stereocenters. The standard InChI is InChI=1S/C12H19N2O3S.C7H4F3.CH3.Sb/c1-9-3-4-17-11(7-9)10-8-12(14-13-10)18(15)6-5-16-2;8-7(9,10)6-4-2-1-3-5-6;;/h8,11H,3-7H2,1-2H3,(H,13,14);1-2,4-5H;1H3;. The molecule has 1 fully saturated rings. The van der Waals surface area contributed by atoms with Gasteiger partial charge in [-0.15, -0.1) is 0 Å². The molecule has 1 aromatic heterocycles. The van der Waals surface area contributed by atoms with Crippen molar-refractivity contribution < 1.29 is 26.9 Å². The van der Waals surface area contributed by atoms with Crippen LogP contribution in [0.3, 0.4) is 0 Å². The van der Waals surface area contributed by atoms with Crippen LogP contribution >= 0.6 is 0 Å². The van der Waals surface area contributed by atoms with Gasteiger partial charge in [-0.05, 0) is 0 Å². The van der Waals surface area contributed by atoms with Crippen molar-refractivity contribution in [2.45, 2.75) is 45.3 Å². The molecular formula is C20H26F3N2O3SSb. The van der Waals surface area contributed by atoms with Gasteiger partial charge in [0.2, 0.25) is 0 Å². The Morgan fingerprint density at radius 3 is 2.87 bits per heavy atom. The summed E-state index contributed by atoms with van der Waals surface area (Å²) in [5.74, 6) is 0.367. The van der Waals surface area contributed by atoms with Crippen LogP contribution in [-0.4, -0.2) is 60.7 Å². The maximum absolute atomic E-state index is 13.2. The van der Waals surface area contributed by atoms with Crippen molar-refractivity contribution in [3.63, 3.8) is 0 Å². The number of hydrogen-bond acceptors (Lipinski definition) is 4. The van der Waals surface area contributed by atoms with Crippen LogP contribution in [0.2, 0.25) is 8.23 Å². The first-order chi connectivity index (χ1) is 14.1. The van der Waals surface area contributed by atoms with E-state index in [9.17, 15) is 17.4 Å². The van der Waals surface area contributed by atoms with Gasteiger partial charge in [-0.25, -0.2) is 0 Å². The normalized spacial score (nSPS) is 23.6. The van der Waals surface area contributed by atoms with Gasteiger partial charge in [-0.2, -0.15) is 0 Å². The molecule has 1 aliphatic rings. The molecule has 2 heterocycles. The molecule has 1 aliphatic heterocycles. The van der Waals surface area contributed by atoms with Crippen LogP contribution in [-0.2, 0) is 26.4 Å². The number of benzene rings is 1. The minimum atomic E-state index is -4.33. The van der Waals surface area contributed by atoms with Crippen molar-refractivity contribution in [3.05, 3.63) is 41.6 Å². The number of halogens is 3. The van der Waals surface area contributed by atoms with E-state index < -0.39 is 42.7 Å². The number of rotatable bonds is 7. The molecule has 1 N–H and O–H groups in total. The van der Waals surface area contributed by atoms with E-state index in [1.165, 1.54) is 12.1 Å². The van der Waals surface area contributed by atoms with Crippen LogP contribution in [0.25, 0.3) is 0 Å². The zero-order valence-corrected chi connectivity index (χ0v) is 20.5. The van der Waals surface area contributed by atoms with Crippen LogP contribution in [0, 0.1) is 0 Å². The number of H-pyrrole nitrogens is 1. The number of methoxy groups -OCH3 is 1. The van der Waals surface area contributed by atoms with Crippen molar-refractivity contribution in [1.82, 2.24) is 10.2 Å². The number of hydrogen-bond donors (Lipinski definition) is 1. The number of ether oxygens (including phenoxy) is 2. The number of aromatic amines is 1. The summed E-state index contributed by atoms with van der Waals surface area (Å²) in [5, 5.41) is 7.57. The van der Waals surface area contributed by atoms with Crippen LogP contribution in [0.4, 0.5) is 13.2 Å². The van der Waals surface area contributed by atoms with Gasteiger partial charge in [0, 0.05) is 0 Å². The van der Waals surface area contributed by atoms with Gasteiger partial charge in [0.15, 0.2) is 0 Å². The molecule has 0 amide bonds. The van der Waals surface area contributed by atoms with Crippen LogP contribution in [0.1, 0.15) is 37.1 Å². The summed E-state index contributed by atoms with van der Waals surface area (Å²) < 4.78 is 63.4. The van der Waals surface area contributed by atoms with Crippen molar-refractivity contribution in [3.8, 4) is 0 Å². The first-order valence-electron chi connectivity index (χ1n) is 9.59. The van der Waals surface area contributed by atoms with Gasteiger partial charge in [-0.1, -0.05) is 0 Å². The maximum atomic E-state index is 13.2. The van der Waals surface area contributed by atoms with E-state index in [4.69, 9.17) is 9.47 Å². The van der Waals surface area contributed by atoms with E-state index in [-0.39, 0.29) is 9.47 Å². The zero-order chi connectivity index (χ0) is 21.9. The molecule has 1 aromatic carbocycles. The van der Waals surface area contributed by atoms with Gasteiger partial charge in [0.05, 0.1) is 0 Å². The second-order valence-corrected chi connectivity index (χ2v) is 16.9. The second kappa shape index (κ2) is 9.72. The summed E-state index contributed by atoms with van der Waals surface area (Å²) in [5.41, 5.74) is 0.180. The van der Waals surface area contributed by atoms with Crippen molar-refractivity contribution in [1.29, 1.82) is 0 Å². The Morgan fingerprint density at radius 2 is 2.17 bits per heavy atom. The topological polar surface area (TPSA) is 64.2 Å². The van der Waals surface area contributed by atoms with Gasteiger partial charge in [0.25, 0.3) is 0 Å². The fourth-order valence-corrected chi connectivity index (χ4v) is 10.6. The average Bonchev–Trinajstić information content (AvgIpc) is 3.21. The fraction of sp³-hybridized carbons (Fsp3) is 0.550. The monoisotopic (exact) mass is 552 g/mol. The average molecular weight is 553 g/mol. The van der Waals surface area contributed by atoms with E-state index in [1.54, 1.807) is 13.2 Å². The molecule has 0 spiro atoms. The molecule has 0 radical (unpaired) electrons. The number of nitrogens with one attached hydrogen (secondary N) is 1. The SMILES string of the molecule is COCCS(=O)c1cc(C2C[C](C)([Sb]([CH3])[c]3cccc(C(F)(F)F)c3)CCO2)[nH]n1. The number of aromatic nitrogens is 2. The molecule has 3 rings (SSSR count). The summed E-state index contributed by atoms with van der Waals surface area (Å²) in [6.45, 7) is 3.09. The summed E-state index contributed by atoms with van der Waals surface area (Å²) in [4.78, 5) is 2.15. The molecule has 0 saturated carbocycles. The molecule has 5 nitrogen and oxygen atoms in total. The number of nitrogens with zero attached hydrogens (tertiary/aromatic N) is 1.